The van der Waals surface area contributed by atoms with Crippen LogP contribution in [0.3, 0.4) is 0 Å². The Balaban J connectivity index is 2.56. The summed E-state index contributed by atoms with van der Waals surface area (Å²) < 4.78 is 2.27. The highest BCUT2D eigenvalue weighted by atomic mass is 79.9. The van der Waals surface area contributed by atoms with Gasteiger partial charge in [-0.3, -0.25) is 14.3 Å². The van der Waals surface area contributed by atoms with Crippen molar-refractivity contribution in [3.63, 3.8) is 0 Å². The van der Waals surface area contributed by atoms with Crippen molar-refractivity contribution in [2.24, 2.45) is 0 Å². The number of aromatic amines is 1. The molecule has 1 heterocycles. The fourth-order valence-electron chi connectivity index (χ4n) is 1.84. The minimum absolute atomic E-state index is 0.149. The standard InChI is InChI=1S/C12H12BrN3O2/c1-7(8-3-2-4-9(13)5-8)16-10(14)6-11(17)15-12(16)18/h2-7H,14H2,1H3,(H,15,17,18). The first-order valence-corrected chi connectivity index (χ1v) is 6.15. The molecule has 0 amide bonds. The van der Waals surface area contributed by atoms with Crippen LogP contribution in [0.4, 0.5) is 5.82 Å². The molecule has 0 fully saturated rings. The highest BCUT2D eigenvalue weighted by Crippen LogP contribution is 2.21. The molecule has 0 saturated carbocycles. The maximum absolute atomic E-state index is 11.8. The molecule has 5 nitrogen and oxygen atoms in total. The molecule has 0 spiro atoms. The molecule has 0 bridgehead atoms. The van der Waals surface area contributed by atoms with Gasteiger partial charge in [0.2, 0.25) is 0 Å². The Labute approximate surface area is 111 Å². The van der Waals surface area contributed by atoms with E-state index in [1.54, 1.807) is 0 Å². The number of rotatable bonds is 2. The molecule has 94 valence electrons. The molecule has 0 saturated heterocycles. The quantitative estimate of drug-likeness (QED) is 0.882. The highest BCUT2D eigenvalue weighted by Gasteiger charge is 2.13. The van der Waals surface area contributed by atoms with Gasteiger partial charge in [-0.1, -0.05) is 28.1 Å². The molecule has 6 heteroatoms. The molecule has 0 aliphatic heterocycles. The van der Waals surface area contributed by atoms with Gasteiger partial charge in [0.15, 0.2) is 0 Å². The lowest BCUT2D eigenvalue weighted by Crippen LogP contribution is -2.33. The maximum atomic E-state index is 11.8. The molecule has 1 aromatic carbocycles. The van der Waals surface area contributed by atoms with E-state index in [4.69, 9.17) is 5.73 Å². The summed E-state index contributed by atoms with van der Waals surface area (Å²) in [6, 6.07) is 8.52. The number of halogens is 1. The normalized spacial score (nSPS) is 12.3. The third-order valence-corrected chi connectivity index (χ3v) is 3.22. The molecular formula is C12H12BrN3O2. The summed E-state index contributed by atoms with van der Waals surface area (Å²) in [6.07, 6.45) is 0. The van der Waals surface area contributed by atoms with E-state index in [2.05, 4.69) is 20.9 Å². The van der Waals surface area contributed by atoms with Crippen LogP contribution in [0.1, 0.15) is 18.5 Å². The Kier molecular flexibility index (Phi) is 3.38. The number of H-pyrrole nitrogens is 1. The van der Waals surface area contributed by atoms with Crippen LogP contribution < -0.4 is 17.0 Å². The number of nitrogens with zero attached hydrogens (tertiary/aromatic N) is 1. The zero-order chi connectivity index (χ0) is 13.3. The topological polar surface area (TPSA) is 80.9 Å². The van der Waals surface area contributed by atoms with Gasteiger partial charge in [0.25, 0.3) is 5.56 Å². The van der Waals surface area contributed by atoms with Gasteiger partial charge in [0, 0.05) is 10.5 Å². The monoisotopic (exact) mass is 309 g/mol. The molecule has 1 aromatic heterocycles. The summed E-state index contributed by atoms with van der Waals surface area (Å²) in [5.41, 5.74) is 5.65. The molecular weight excluding hydrogens is 298 g/mol. The van der Waals surface area contributed by atoms with Crippen molar-refractivity contribution in [2.45, 2.75) is 13.0 Å². The van der Waals surface area contributed by atoms with Crippen molar-refractivity contribution >= 4 is 21.7 Å². The van der Waals surface area contributed by atoms with Gasteiger partial charge in [-0.15, -0.1) is 0 Å². The second kappa shape index (κ2) is 4.81. The second-order valence-corrected chi connectivity index (χ2v) is 4.88. The minimum Gasteiger partial charge on any atom is -0.385 e. The van der Waals surface area contributed by atoms with Gasteiger partial charge in [0.1, 0.15) is 5.82 Å². The van der Waals surface area contributed by atoms with Crippen molar-refractivity contribution in [3.8, 4) is 0 Å². The largest absolute Gasteiger partial charge is 0.385 e. The molecule has 0 aliphatic carbocycles. The maximum Gasteiger partial charge on any atom is 0.330 e. The summed E-state index contributed by atoms with van der Waals surface area (Å²) in [4.78, 5) is 25.1. The predicted octanol–water partition coefficient (Wildman–Crippen LogP) is 1.49. The smallest absolute Gasteiger partial charge is 0.330 e. The van der Waals surface area contributed by atoms with Crippen LogP contribution >= 0.6 is 15.9 Å². The first-order valence-electron chi connectivity index (χ1n) is 5.36. The van der Waals surface area contributed by atoms with E-state index in [1.807, 2.05) is 31.2 Å². The summed E-state index contributed by atoms with van der Waals surface area (Å²) >= 11 is 3.38. The van der Waals surface area contributed by atoms with Crippen LogP contribution in [0.25, 0.3) is 0 Å². The van der Waals surface area contributed by atoms with Crippen molar-refractivity contribution in [1.82, 2.24) is 9.55 Å². The number of nitrogens with two attached hydrogens (primary N) is 1. The van der Waals surface area contributed by atoms with Crippen LogP contribution in [-0.4, -0.2) is 9.55 Å². The second-order valence-electron chi connectivity index (χ2n) is 3.96. The number of benzene rings is 1. The third-order valence-electron chi connectivity index (χ3n) is 2.72. The molecule has 2 rings (SSSR count). The highest BCUT2D eigenvalue weighted by molar-refractivity contribution is 9.10. The van der Waals surface area contributed by atoms with Crippen LogP contribution in [0.2, 0.25) is 0 Å². The van der Waals surface area contributed by atoms with Crippen molar-refractivity contribution in [3.05, 3.63) is 61.2 Å². The van der Waals surface area contributed by atoms with Gasteiger partial charge < -0.3 is 5.73 Å². The Hall–Kier alpha value is -1.82. The van der Waals surface area contributed by atoms with Gasteiger partial charge >= 0.3 is 5.69 Å². The number of hydrogen-bond donors (Lipinski definition) is 2. The van der Waals surface area contributed by atoms with Gasteiger partial charge in [-0.25, -0.2) is 4.79 Å². The number of aromatic nitrogens is 2. The first kappa shape index (κ1) is 12.6. The molecule has 0 radical (unpaired) electrons. The zero-order valence-electron chi connectivity index (χ0n) is 9.68. The lowest BCUT2D eigenvalue weighted by atomic mass is 10.1. The fraction of sp³-hybridized carbons (Fsp3) is 0.167. The van der Waals surface area contributed by atoms with Crippen molar-refractivity contribution in [1.29, 1.82) is 0 Å². The molecule has 3 N–H and O–H groups in total. The molecule has 1 unspecified atom stereocenters. The van der Waals surface area contributed by atoms with Gasteiger partial charge in [-0.2, -0.15) is 0 Å². The van der Waals surface area contributed by atoms with E-state index in [9.17, 15) is 9.59 Å². The Bertz CT molecular complexity index is 690. The Morgan fingerprint density at radius 2 is 2.06 bits per heavy atom. The van der Waals surface area contributed by atoms with E-state index in [0.29, 0.717) is 0 Å². The SMILES string of the molecule is CC(c1cccc(Br)c1)n1c(N)cc(=O)[nH]c1=O. The Morgan fingerprint density at radius 1 is 1.33 bits per heavy atom. The van der Waals surface area contributed by atoms with Crippen LogP contribution in [0.5, 0.6) is 0 Å². The average Bonchev–Trinajstić information content (AvgIpc) is 2.27. The van der Waals surface area contributed by atoms with E-state index in [1.165, 1.54) is 10.6 Å². The molecule has 18 heavy (non-hydrogen) atoms. The predicted molar refractivity (Wildman–Crippen MR) is 73.7 cm³/mol. The molecule has 2 aromatic rings. The van der Waals surface area contributed by atoms with Gasteiger partial charge in [-0.05, 0) is 24.6 Å². The molecule has 0 aliphatic rings. The van der Waals surface area contributed by atoms with Crippen molar-refractivity contribution < 1.29 is 0 Å². The van der Waals surface area contributed by atoms with Gasteiger partial charge in [0.05, 0.1) is 6.04 Å². The summed E-state index contributed by atoms with van der Waals surface area (Å²) in [7, 11) is 0. The lowest BCUT2D eigenvalue weighted by molar-refractivity contribution is 0.604. The summed E-state index contributed by atoms with van der Waals surface area (Å²) in [6.45, 7) is 1.85. The average molecular weight is 310 g/mol. The van der Waals surface area contributed by atoms with Crippen LogP contribution in [-0.2, 0) is 0 Å². The third kappa shape index (κ3) is 2.38. The number of hydrogen-bond acceptors (Lipinski definition) is 3. The van der Waals surface area contributed by atoms with E-state index in [0.717, 1.165) is 10.0 Å². The zero-order valence-corrected chi connectivity index (χ0v) is 11.3. The summed E-state index contributed by atoms with van der Waals surface area (Å²) in [5.74, 6) is 0.149. The summed E-state index contributed by atoms with van der Waals surface area (Å²) in [5, 5.41) is 0. The van der Waals surface area contributed by atoms with Crippen molar-refractivity contribution in [2.75, 3.05) is 5.73 Å². The van der Waals surface area contributed by atoms with Crippen LogP contribution in [0, 0.1) is 0 Å². The number of anilines is 1. The van der Waals surface area contributed by atoms with E-state index in [-0.39, 0.29) is 11.9 Å². The van der Waals surface area contributed by atoms with E-state index < -0.39 is 11.2 Å². The molecule has 1 atom stereocenters. The van der Waals surface area contributed by atoms with Crippen LogP contribution in [0.15, 0.2) is 44.4 Å². The lowest BCUT2D eigenvalue weighted by Gasteiger charge is -2.17. The first-order chi connectivity index (χ1) is 8.49. The Morgan fingerprint density at radius 3 is 2.67 bits per heavy atom. The number of nitrogens with one attached hydrogen (secondary N) is 1. The van der Waals surface area contributed by atoms with E-state index >= 15 is 0 Å². The number of nitrogen functional groups attached to an aromatic ring is 1. The fourth-order valence-corrected chi connectivity index (χ4v) is 2.25. The minimum atomic E-state index is -0.507.